The summed E-state index contributed by atoms with van der Waals surface area (Å²) in [4.78, 5) is 3.62. The van der Waals surface area contributed by atoms with Gasteiger partial charge in [0.1, 0.15) is 0 Å². The van der Waals surface area contributed by atoms with E-state index in [2.05, 4.69) is 55.3 Å². The van der Waals surface area contributed by atoms with Crippen LogP contribution in [-0.2, 0) is 6.42 Å². The quantitative estimate of drug-likeness (QED) is 0.824. The molecule has 0 saturated carbocycles. The van der Waals surface area contributed by atoms with Crippen molar-refractivity contribution in [3.63, 3.8) is 0 Å². The molecule has 0 spiro atoms. The van der Waals surface area contributed by atoms with Crippen LogP contribution in [-0.4, -0.2) is 11.5 Å². The van der Waals surface area contributed by atoms with Crippen LogP contribution in [0.2, 0.25) is 0 Å². The molecule has 1 aromatic heterocycles. The highest BCUT2D eigenvalue weighted by molar-refractivity contribution is 5.85. The van der Waals surface area contributed by atoms with Gasteiger partial charge in [0, 0.05) is 22.6 Å². The maximum Gasteiger partial charge on any atom is 0.0459 e. The Kier molecular flexibility index (Phi) is 2.70. The smallest absolute Gasteiger partial charge is 0.0459 e. The van der Waals surface area contributed by atoms with Crippen LogP contribution in [0, 0.1) is 5.41 Å². The molecule has 1 aliphatic rings. The van der Waals surface area contributed by atoms with Crippen LogP contribution in [0.25, 0.3) is 10.9 Å². The lowest BCUT2D eigenvalue weighted by atomic mass is 9.74. The predicted molar refractivity (Wildman–Crippen MR) is 76.8 cm³/mol. The third kappa shape index (κ3) is 1.85. The highest BCUT2D eigenvalue weighted by Crippen LogP contribution is 2.43. The Bertz CT molecular complexity index is 565. The van der Waals surface area contributed by atoms with E-state index in [1.165, 1.54) is 28.6 Å². The second kappa shape index (κ2) is 4.13. The van der Waals surface area contributed by atoms with Gasteiger partial charge in [-0.05, 0) is 36.4 Å². The molecule has 2 heteroatoms. The fraction of sp³-hybridized carbons (Fsp3) is 0.500. The Morgan fingerprint density at radius 1 is 1.33 bits per heavy atom. The van der Waals surface area contributed by atoms with Crippen molar-refractivity contribution >= 4 is 10.9 Å². The summed E-state index contributed by atoms with van der Waals surface area (Å²) < 4.78 is 0. The molecule has 0 amide bonds. The van der Waals surface area contributed by atoms with Crippen molar-refractivity contribution in [1.82, 2.24) is 10.3 Å². The Hall–Kier alpha value is -1.28. The summed E-state index contributed by atoms with van der Waals surface area (Å²) in [7, 11) is 0. The zero-order chi connectivity index (χ0) is 12.8. The summed E-state index contributed by atoms with van der Waals surface area (Å²) in [5.41, 5.74) is 4.59. The lowest BCUT2D eigenvalue weighted by molar-refractivity contribution is 0.259. The first-order valence-electron chi connectivity index (χ1n) is 6.93. The Balaban J connectivity index is 2.17. The van der Waals surface area contributed by atoms with E-state index in [9.17, 15) is 0 Å². The molecule has 1 heterocycles. The fourth-order valence-corrected chi connectivity index (χ4v) is 3.38. The Morgan fingerprint density at radius 3 is 2.89 bits per heavy atom. The van der Waals surface area contributed by atoms with Gasteiger partial charge < -0.3 is 10.3 Å². The lowest BCUT2D eigenvalue weighted by Crippen LogP contribution is -2.33. The van der Waals surface area contributed by atoms with Gasteiger partial charge in [0.15, 0.2) is 0 Å². The van der Waals surface area contributed by atoms with Crippen molar-refractivity contribution in [2.24, 2.45) is 5.41 Å². The number of hydrogen-bond donors (Lipinski definition) is 2. The molecule has 0 bridgehead atoms. The summed E-state index contributed by atoms with van der Waals surface area (Å²) in [6, 6.07) is 9.17. The first-order chi connectivity index (χ1) is 8.61. The summed E-state index contributed by atoms with van der Waals surface area (Å²) in [6.45, 7) is 7.95. The van der Waals surface area contributed by atoms with E-state index in [1.54, 1.807) is 0 Å². The number of fused-ring (bicyclic) bond motifs is 3. The van der Waals surface area contributed by atoms with Crippen LogP contribution < -0.4 is 5.32 Å². The normalized spacial score (nSPS) is 22.1. The van der Waals surface area contributed by atoms with Gasteiger partial charge in [-0.2, -0.15) is 0 Å². The number of nitrogens with one attached hydrogen (secondary N) is 2. The molecule has 2 N–H and O–H groups in total. The average Bonchev–Trinajstić information content (AvgIpc) is 2.65. The molecule has 1 aromatic carbocycles. The average molecular weight is 242 g/mol. The third-order valence-electron chi connectivity index (χ3n) is 4.04. The van der Waals surface area contributed by atoms with Crippen LogP contribution in [0.1, 0.15) is 44.5 Å². The van der Waals surface area contributed by atoms with Crippen molar-refractivity contribution in [2.75, 3.05) is 6.54 Å². The number of hydrogen-bond acceptors (Lipinski definition) is 1. The van der Waals surface area contributed by atoms with E-state index in [1.807, 2.05) is 0 Å². The first-order valence-corrected chi connectivity index (χ1v) is 6.93. The monoisotopic (exact) mass is 242 g/mol. The van der Waals surface area contributed by atoms with Gasteiger partial charge in [-0.25, -0.2) is 0 Å². The van der Waals surface area contributed by atoms with Crippen LogP contribution in [0.3, 0.4) is 0 Å². The van der Waals surface area contributed by atoms with Gasteiger partial charge >= 0.3 is 0 Å². The van der Waals surface area contributed by atoms with E-state index in [0.29, 0.717) is 11.5 Å². The lowest BCUT2D eigenvalue weighted by Gasteiger charge is -2.35. The van der Waals surface area contributed by atoms with E-state index in [-0.39, 0.29) is 0 Å². The zero-order valence-electron chi connectivity index (χ0n) is 11.5. The van der Waals surface area contributed by atoms with Crippen molar-refractivity contribution in [2.45, 2.75) is 39.7 Å². The maximum absolute atomic E-state index is 3.65. The molecular formula is C16H22N2. The van der Waals surface area contributed by atoms with Gasteiger partial charge in [0.2, 0.25) is 0 Å². The van der Waals surface area contributed by atoms with Gasteiger partial charge in [-0.15, -0.1) is 0 Å². The largest absolute Gasteiger partial charge is 0.358 e. The second-order valence-corrected chi connectivity index (χ2v) is 6.22. The predicted octanol–water partition coefficient (Wildman–Crippen LogP) is 3.79. The number of H-pyrrole nitrogens is 1. The van der Waals surface area contributed by atoms with Gasteiger partial charge in [0.05, 0.1) is 0 Å². The molecule has 96 valence electrons. The van der Waals surface area contributed by atoms with Crippen molar-refractivity contribution in [3.05, 3.63) is 35.5 Å². The third-order valence-corrected chi connectivity index (χ3v) is 4.04. The summed E-state index contributed by atoms with van der Waals surface area (Å²) in [5.74, 6) is 0. The number of rotatable bonds is 2. The number of aromatic nitrogens is 1. The molecule has 0 aliphatic heterocycles. The van der Waals surface area contributed by atoms with Crippen molar-refractivity contribution < 1.29 is 0 Å². The number of para-hydroxylation sites is 1. The molecule has 1 atom stereocenters. The Labute approximate surface area is 109 Å². The van der Waals surface area contributed by atoms with Crippen LogP contribution in [0.15, 0.2) is 24.3 Å². The van der Waals surface area contributed by atoms with Crippen LogP contribution in [0.4, 0.5) is 0 Å². The minimum atomic E-state index is 0.376. The van der Waals surface area contributed by atoms with Crippen molar-refractivity contribution in [3.8, 4) is 0 Å². The minimum absolute atomic E-state index is 0.376. The van der Waals surface area contributed by atoms with Gasteiger partial charge in [0.25, 0.3) is 0 Å². The van der Waals surface area contributed by atoms with Gasteiger partial charge in [-0.3, -0.25) is 0 Å². The molecule has 0 saturated heterocycles. The highest BCUT2D eigenvalue weighted by Gasteiger charge is 2.34. The first kappa shape index (κ1) is 11.8. The minimum Gasteiger partial charge on any atom is -0.358 e. The molecule has 3 rings (SSSR count). The number of benzene rings is 1. The number of aromatic amines is 1. The van der Waals surface area contributed by atoms with Crippen LogP contribution >= 0.6 is 0 Å². The second-order valence-electron chi connectivity index (χ2n) is 6.22. The Morgan fingerprint density at radius 2 is 2.11 bits per heavy atom. The van der Waals surface area contributed by atoms with Crippen molar-refractivity contribution in [1.29, 1.82) is 0 Å². The van der Waals surface area contributed by atoms with Gasteiger partial charge in [-0.1, -0.05) is 39.0 Å². The molecule has 1 aliphatic carbocycles. The highest BCUT2D eigenvalue weighted by atomic mass is 14.9. The summed E-state index contributed by atoms with van der Waals surface area (Å²) in [6.07, 6.45) is 2.37. The summed E-state index contributed by atoms with van der Waals surface area (Å²) >= 11 is 0. The molecule has 18 heavy (non-hydrogen) atoms. The topological polar surface area (TPSA) is 27.8 Å². The molecule has 2 nitrogen and oxygen atoms in total. The standard InChI is InChI=1S/C16H22N2/c1-4-17-13-9-16(2,3)10-14-15(13)11-7-5-6-8-12(11)18-14/h5-8,13,17-18H,4,9-10H2,1-3H3. The molecule has 0 radical (unpaired) electrons. The molecular weight excluding hydrogens is 220 g/mol. The SMILES string of the molecule is CCNC1CC(C)(C)Cc2[nH]c3ccccc3c21. The fourth-order valence-electron chi connectivity index (χ4n) is 3.38. The zero-order valence-corrected chi connectivity index (χ0v) is 11.5. The van der Waals surface area contributed by atoms with Crippen LogP contribution in [0.5, 0.6) is 0 Å². The summed E-state index contributed by atoms with van der Waals surface area (Å²) in [5, 5.41) is 5.05. The molecule has 0 fully saturated rings. The maximum atomic E-state index is 3.65. The van der Waals surface area contributed by atoms with E-state index >= 15 is 0 Å². The molecule has 2 aromatic rings. The molecule has 1 unspecified atom stereocenters. The van der Waals surface area contributed by atoms with E-state index in [4.69, 9.17) is 0 Å². The van der Waals surface area contributed by atoms with E-state index < -0.39 is 0 Å². The van der Waals surface area contributed by atoms with E-state index in [0.717, 1.165) is 13.0 Å².